The normalized spacial score (nSPS) is 24.6. The van der Waals surface area contributed by atoms with Crippen LogP contribution in [0.4, 0.5) is 0 Å². The highest BCUT2D eigenvalue weighted by Gasteiger charge is 2.33. The van der Waals surface area contributed by atoms with E-state index in [4.69, 9.17) is 9.15 Å². The van der Waals surface area contributed by atoms with Gasteiger partial charge in [-0.1, -0.05) is 19.1 Å². The molecule has 0 spiro atoms. The summed E-state index contributed by atoms with van der Waals surface area (Å²) in [6.45, 7) is 8.98. The summed E-state index contributed by atoms with van der Waals surface area (Å²) in [5, 5.41) is 10.5. The van der Waals surface area contributed by atoms with Gasteiger partial charge in [-0.05, 0) is 62.6 Å². The molecule has 26 heavy (non-hydrogen) atoms. The Kier molecular flexibility index (Phi) is 5.82. The lowest BCUT2D eigenvalue weighted by Crippen LogP contribution is -2.33. The van der Waals surface area contributed by atoms with Crippen LogP contribution in [-0.2, 0) is 0 Å². The molecule has 1 aliphatic rings. The van der Waals surface area contributed by atoms with E-state index in [1.54, 1.807) is 12.1 Å². The molecule has 1 saturated carbocycles. The maximum Gasteiger partial charge on any atom is 0.336 e. The van der Waals surface area contributed by atoms with Gasteiger partial charge in [0.05, 0.1) is 12.7 Å². The maximum absolute atomic E-state index is 11.4. The minimum atomic E-state index is -0.359. The molecule has 2 unspecified atom stereocenters. The Bertz CT molecular complexity index is 820. The summed E-state index contributed by atoms with van der Waals surface area (Å²) in [4.78, 5) is 11.4. The lowest BCUT2D eigenvalue weighted by Gasteiger charge is -2.38. The van der Waals surface area contributed by atoms with Crippen molar-refractivity contribution in [2.24, 2.45) is 17.8 Å². The van der Waals surface area contributed by atoms with Gasteiger partial charge in [-0.25, -0.2) is 4.79 Å². The zero-order chi connectivity index (χ0) is 18.7. The van der Waals surface area contributed by atoms with Gasteiger partial charge in [0.15, 0.2) is 0 Å². The van der Waals surface area contributed by atoms with Gasteiger partial charge in [0, 0.05) is 23.4 Å². The van der Waals surface area contributed by atoms with Gasteiger partial charge in [0.2, 0.25) is 0 Å². The summed E-state index contributed by atoms with van der Waals surface area (Å²) in [6.07, 6.45) is 3.70. The lowest BCUT2D eigenvalue weighted by atomic mass is 9.69. The first-order chi connectivity index (χ1) is 12.4. The number of aliphatic hydroxyl groups is 1. The van der Waals surface area contributed by atoms with Crippen LogP contribution in [0.3, 0.4) is 0 Å². The minimum absolute atomic E-state index is 0.276. The van der Waals surface area contributed by atoms with Gasteiger partial charge >= 0.3 is 5.63 Å². The molecule has 1 aliphatic carbocycles. The number of ether oxygens (including phenoxy) is 1. The van der Waals surface area contributed by atoms with E-state index in [0.717, 1.165) is 31.1 Å². The Morgan fingerprint density at radius 3 is 2.88 bits per heavy atom. The molecule has 1 fully saturated rings. The molecule has 0 radical (unpaired) electrons. The molecule has 0 amide bonds. The second-order valence-electron chi connectivity index (χ2n) is 7.64. The second-order valence-corrected chi connectivity index (χ2v) is 7.64. The number of fused-ring (bicyclic) bond motifs is 1. The van der Waals surface area contributed by atoms with Crippen LogP contribution in [0.1, 0.15) is 39.5 Å². The number of benzene rings is 1. The molecule has 1 aromatic heterocycles. The summed E-state index contributed by atoms with van der Waals surface area (Å²) in [6, 6.07) is 8.75. The van der Waals surface area contributed by atoms with Crippen LogP contribution >= 0.6 is 0 Å². The fraction of sp³-hybridized carbons (Fsp3) is 0.500. The average Bonchev–Trinajstić information content (AvgIpc) is 2.60. The Morgan fingerprint density at radius 1 is 1.35 bits per heavy atom. The van der Waals surface area contributed by atoms with E-state index in [-0.39, 0.29) is 17.6 Å². The molecule has 3 rings (SSSR count). The van der Waals surface area contributed by atoms with Crippen LogP contribution in [0.15, 0.2) is 51.7 Å². The third kappa shape index (κ3) is 4.36. The zero-order valence-electron chi connectivity index (χ0n) is 15.6. The average molecular weight is 356 g/mol. The van der Waals surface area contributed by atoms with Crippen molar-refractivity contribution < 1.29 is 14.3 Å². The SMILES string of the molecule is C=C1CCC(C)C(CC[C@@H](C)O)[C@H]1COc1ccc2ccc(=O)oc2c1. The molecule has 4 nitrogen and oxygen atoms in total. The van der Waals surface area contributed by atoms with E-state index < -0.39 is 0 Å². The number of aliphatic hydroxyl groups excluding tert-OH is 1. The predicted molar refractivity (Wildman–Crippen MR) is 103 cm³/mol. The summed E-state index contributed by atoms with van der Waals surface area (Å²) in [5.74, 6) is 2.06. The van der Waals surface area contributed by atoms with Crippen molar-refractivity contribution in [2.75, 3.05) is 6.61 Å². The molecule has 0 saturated heterocycles. The maximum atomic E-state index is 11.4. The van der Waals surface area contributed by atoms with Crippen molar-refractivity contribution in [2.45, 2.75) is 45.6 Å². The standard InChI is InChI=1S/C22H28O4/c1-14-4-5-15(2)20(19(14)10-6-16(3)23)13-25-18-9-7-17-8-11-22(24)26-21(17)12-18/h7-9,11-12,14,16,19-20,23H,2,4-6,10,13H2,1,3H3/t14?,16-,19?,20+/m1/s1. The Hall–Kier alpha value is -2.07. The topological polar surface area (TPSA) is 59.7 Å². The van der Waals surface area contributed by atoms with Gasteiger partial charge in [-0.15, -0.1) is 0 Å². The molecule has 2 aromatic rings. The molecule has 0 aliphatic heterocycles. The molecule has 1 aromatic carbocycles. The highest BCUT2D eigenvalue weighted by Crippen LogP contribution is 2.40. The first-order valence-corrected chi connectivity index (χ1v) is 9.46. The van der Waals surface area contributed by atoms with Crippen molar-refractivity contribution in [1.29, 1.82) is 0 Å². The van der Waals surface area contributed by atoms with E-state index in [0.29, 0.717) is 29.8 Å². The van der Waals surface area contributed by atoms with E-state index in [1.165, 1.54) is 11.6 Å². The number of hydrogen-bond donors (Lipinski definition) is 1. The third-order valence-corrected chi connectivity index (χ3v) is 5.63. The molecular weight excluding hydrogens is 328 g/mol. The summed E-state index contributed by atoms with van der Waals surface area (Å²) < 4.78 is 11.3. The number of hydrogen-bond acceptors (Lipinski definition) is 4. The van der Waals surface area contributed by atoms with Gasteiger partial charge in [-0.2, -0.15) is 0 Å². The van der Waals surface area contributed by atoms with Crippen molar-refractivity contribution in [3.05, 3.63) is 52.9 Å². The van der Waals surface area contributed by atoms with Crippen LogP contribution < -0.4 is 10.4 Å². The van der Waals surface area contributed by atoms with Gasteiger partial charge in [0.1, 0.15) is 11.3 Å². The fourth-order valence-electron chi connectivity index (χ4n) is 3.99. The Balaban J connectivity index is 1.72. The van der Waals surface area contributed by atoms with Crippen molar-refractivity contribution >= 4 is 11.0 Å². The minimum Gasteiger partial charge on any atom is -0.493 e. The van der Waals surface area contributed by atoms with Crippen LogP contribution in [0.25, 0.3) is 11.0 Å². The highest BCUT2D eigenvalue weighted by atomic mass is 16.5. The molecule has 140 valence electrons. The van der Waals surface area contributed by atoms with Crippen molar-refractivity contribution in [3.8, 4) is 5.75 Å². The van der Waals surface area contributed by atoms with Crippen LogP contribution in [0.2, 0.25) is 0 Å². The quantitative estimate of drug-likeness (QED) is 0.609. The first-order valence-electron chi connectivity index (χ1n) is 9.46. The first kappa shape index (κ1) is 18.7. The van der Waals surface area contributed by atoms with E-state index in [1.807, 2.05) is 19.1 Å². The molecular formula is C22H28O4. The van der Waals surface area contributed by atoms with Gasteiger partial charge in [-0.3, -0.25) is 0 Å². The second kappa shape index (κ2) is 8.09. The number of rotatable bonds is 6. The van der Waals surface area contributed by atoms with Crippen LogP contribution in [0, 0.1) is 17.8 Å². The lowest BCUT2D eigenvalue weighted by molar-refractivity contribution is 0.114. The molecule has 1 N–H and O–H groups in total. The summed E-state index contributed by atoms with van der Waals surface area (Å²) in [5.41, 5.74) is 1.42. The highest BCUT2D eigenvalue weighted by molar-refractivity contribution is 5.77. The Labute approximate surface area is 154 Å². The summed E-state index contributed by atoms with van der Waals surface area (Å²) in [7, 11) is 0. The predicted octanol–water partition coefficient (Wildman–Crippen LogP) is 4.55. The molecule has 4 heteroatoms. The fourth-order valence-corrected chi connectivity index (χ4v) is 3.99. The smallest absolute Gasteiger partial charge is 0.336 e. The van der Waals surface area contributed by atoms with E-state index in [9.17, 15) is 9.90 Å². The molecule has 1 heterocycles. The van der Waals surface area contributed by atoms with Crippen molar-refractivity contribution in [1.82, 2.24) is 0 Å². The van der Waals surface area contributed by atoms with E-state index >= 15 is 0 Å². The third-order valence-electron chi connectivity index (χ3n) is 5.63. The summed E-state index contributed by atoms with van der Waals surface area (Å²) >= 11 is 0. The molecule has 4 atom stereocenters. The zero-order valence-corrected chi connectivity index (χ0v) is 15.6. The van der Waals surface area contributed by atoms with E-state index in [2.05, 4.69) is 13.5 Å². The van der Waals surface area contributed by atoms with Crippen LogP contribution in [0.5, 0.6) is 5.75 Å². The largest absolute Gasteiger partial charge is 0.493 e. The molecule has 0 bridgehead atoms. The van der Waals surface area contributed by atoms with Gasteiger partial charge < -0.3 is 14.3 Å². The van der Waals surface area contributed by atoms with Crippen LogP contribution in [-0.4, -0.2) is 17.8 Å². The van der Waals surface area contributed by atoms with Crippen molar-refractivity contribution in [3.63, 3.8) is 0 Å². The van der Waals surface area contributed by atoms with Gasteiger partial charge in [0.25, 0.3) is 0 Å². The monoisotopic (exact) mass is 356 g/mol. The Morgan fingerprint density at radius 2 is 2.12 bits per heavy atom.